The first-order chi connectivity index (χ1) is 14.6. The van der Waals surface area contributed by atoms with Gasteiger partial charge in [-0.3, -0.25) is 9.69 Å². The van der Waals surface area contributed by atoms with Gasteiger partial charge in [-0.15, -0.1) is 0 Å². The number of piperazine rings is 1. The van der Waals surface area contributed by atoms with E-state index in [9.17, 15) is 4.79 Å². The third-order valence-corrected chi connectivity index (χ3v) is 5.47. The Kier molecular flexibility index (Phi) is 6.30. The van der Waals surface area contributed by atoms with E-state index in [0.29, 0.717) is 19.7 Å². The van der Waals surface area contributed by atoms with Crippen molar-refractivity contribution in [2.45, 2.75) is 26.2 Å². The quantitative estimate of drug-likeness (QED) is 0.601. The largest absolute Gasteiger partial charge is 0.497 e. The molecule has 7 nitrogen and oxygen atoms in total. The average molecular weight is 409 g/mol. The summed E-state index contributed by atoms with van der Waals surface area (Å²) in [5.74, 6) is 0.835. The van der Waals surface area contributed by atoms with E-state index >= 15 is 0 Å². The van der Waals surface area contributed by atoms with E-state index in [1.165, 1.54) is 0 Å². The molecule has 1 aliphatic rings. The lowest BCUT2D eigenvalue weighted by Gasteiger charge is -2.35. The first-order valence-electron chi connectivity index (χ1n) is 10.3. The fourth-order valence-corrected chi connectivity index (χ4v) is 3.73. The molecule has 0 aliphatic carbocycles. The summed E-state index contributed by atoms with van der Waals surface area (Å²) in [6.07, 6.45) is 3.61. The Morgan fingerprint density at radius 2 is 1.97 bits per heavy atom. The summed E-state index contributed by atoms with van der Waals surface area (Å²) in [5.41, 5.74) is 3.01. The van der Waals surface area contributed by atoms with E-state index in [0.717, 1.165) is 42.3 Å². The SMILES string of the molecule is COc1cccc(COC(C)C(=O)N2CCN(Cc3cn4ccccc4n3)CC2)c1. The average Bonchev–Trinajstić information content (AvgIpc) is 3.20. The van der Waals surface area contributed by atoms with Crippen LogP contribution in [0.5, 0.6) is 5.75 Å². The third-order valence-electron chi connectivity index (χ3n) is 5.47. The molecule has 1 amide bonds. The van der Waals surface area contributed by atoms with Gasteiger partial charge in [-0.05, 0) is 36.8 Å². The number of rotatable bonds is 7. The lowest BCUT2D eigenvalue weighted by Crippen LogP contribution is -2.51. The second-order valence-electron chi connectivity index (χ2n) is 7.60. The lowest BCUT2D eigenvalue weighted by molar-refractivity contribution is -0.145. The monoisotopic (exact) mass is 408 g/mol. The highest BCUT2D eigenvalue weighted by molar-refractivity contribution is 5.80. The summed E-state index contributed by atoms with van der Waals surface area (Å²) < 4.78 is 13.1. The van der Waals surface area contributed by atoms with Gasteiger partial charge in [0.05, 0.1) is 19.4 Å². The number of fused-ring (bicyclic) bond motifs is 1. The molecule has 0 N–H and O–H groups in total. The van der Waals surface area contributed by atoms with E-state index < -0.39 is 6.10 Å². The number of carbonyl (C=O) groups excluding carboxylic acids is 1. The van der Waals surface area contributed by atoms with E-state index in [-0.39, 0.29) is 5.91 Å². The molecule has 1 unspecified atom stereocenters. The smallest absolute Gasteiger partial charge is 0.251 e. The molecule has 1 aliphatic heterocycles. The summed E-state index contributed by atoms with van der Waals surface area (Å²) in [7, 11) is 1.64. The van der Waals surface area contributed by atoms with Crippen molar-refractivity contribution in [3.63, 3.8) is 0 Å². The highest BCUT2D eigenvalue weighted by Gasteiger charge is 2.25. The van der Waals surface area contributed by atoms with Gasteiger partial charge in [-0.25, -0.2) is 4.98 Å². The van der Waals surface area contributed by atoms with Crippen LogP contribution in [0, 0.1) is 0 Å². The van der Waals surface area contributed by atoms with Crippen LogP contribution in [-0.4, -0.2) is 64.5 Å². The van der Waals surface area contributed by atoms with Crippen molar-refractivity contribution in [3.05, 3.63) is 66.1 Å². The van der Waals surface area contributed by atoms with Gasteiger partial charge in [0, 0.05) is 45.1 Å². The number of pyridine rings is 1. The molecule has 1 atom stereocenters. The van der Waals surface area contributed by atoms with Crippen LogP contribution in [0.3, 0.4) is 0 Å². The fraction of sp³-hybridized carbons (Fsp3) is 0.391. The van der Waals surface area contributed by atoms with Crippen LogP contribution >= 0.6 is 0 Å². The molecule has 7 heteroatoms. The van der Waals surface area contributed by atoms with Crippen molar-refractivity contribution in [1.29, 1.82) is 0 Å². The van der Waals surface area contributed by atoms with Crippen molar-refractivity contribution < 1.29 is 14.3 Å². The molecule has 30 heavy (non-hydrogen) atoms. The topological polar surface area (TPSA) is 59.3 Å². The fourth-order valence-electron chi connectivity index (χ4n) is 3.73. The Morgan fingerprint density at radius 1 is 1.13 bits per heavy atom. The van der Waals surface area contributed by atoms with Gasteiger partial charge < -0.3 is 18.8 Å². The standard InChI is InChI=1S/C23H28N4O3/c1-18(30-17-19-6-5-7-21(14-19)29-2)23(28)26-12-10-25(11-13-26)15-20-16-27-9-4-3-8-22(27)24-20/h3-9,14,16,18H,10-13,15,17H2,1-2H3. The molecular formula is C23H28N4O3. The van der Waals surface area contributed by atoms with Crippen LogP contribution in [0.25, 0.3) is 5.65 Å². The van der Waals surface area contributed by atoms with Crippen LogP contribution in [0.2, 0.25) is 0 Å². The van der Waals surface area contributed by atoms with Gasteiger partial charge in [0.25, 0.3) is 5.91 Å². The number of ether oxygens (including phenoxy) is 2. The zero-order valence-electron chi connectivity index (χ0n) is 17.5. The molecule has 2 aromatic heterocycles. The predicted molar refractivity (Wildman–Crippen MR) is 114 cm³/mol. The lowest BCUT2D eigenvalue weighted by atomic mass is 10.2. The number of hydrogen-bond acceptors (Lipinski definition) is 5. The molecule has 3 heterocycles. The summed E-state index contributed by atoms with van der Waals surface area (Å²) in [6, 6.07) is 13.7. The van der Waals surface area contributed by atoms with Gasteiger partial charge in [-0.1, -0.05) is 18.2 Å². The normalized spacial score (nSPS) is 16.0. The maximum absolute atomic E-state index is 12.8. The Balaban J connectivity index is 1.25. The number of carbonyl (C=O) groups is 1. The summed E-state index contributed by atoms with van der Waals surface area (Å²) in [4.78, 5) is 21.7. The maximum Gasteiger partial charge on any atom is 0.251 e. The molecule has 0 bridgehead atoms. The second-order valence-corrected chi connectivity index (χ2v) is 7.60. The molecule has 4 rings (SSSR count). The first-order valence-corrected chi connectivity index (χ1v) is 10.3. The van der Waals surface area contributed by atoms with E-state index in [4.69, 9.17) is 9.47 Å². The minimum atomic E-state index is -0.471. The van der Waals surface area contributed by atoms with Gasteiger partial charge >= 0.3 is 0 Å². The molecule has 0 saturated carbocycles. The van der Waals surface area contributed by atoms with Crippen LogP contribution < -0.4 is 4.74 Å². The van der Waals surface area contributed by atoms with Crippen molar-refractivity contribution >= 4 is 11.6 Å². The Morgan fingerprint density at radius 3 is 2.73 bits per heavy atom. The highest BCUT2D eigenvalue weighted by Crippen LogP contribution is 2.15. The minimum Gasteiger partial charge on any atom is -0.497 e. The van der Waals surface area contributed by atoms with E-state index in [1.807, 2.05) is 64.9 Å². The number of amides is 1. The van der Waals surface area contributed by atoms with E-state index in [1.54, 1.807) is 7.11 Å². The number of imidazole rings is 1. The van der Waals surface area contributed by atoms with Crippen molar-refractivity contribution in [3.8, 4) is 5.75 Å². The molecule has 0 spiro atoms. The van der Waals surface area contributed by atoms with Crippen molar-refractivity contribution in [1.82, 2.24) is 19.2 Å². The Labute approximate surface area is 176 Å². The molecule has 1 saturated heterocycles. The maximum atomic E-state index is 12.8. The molecule has 3 aromatic rings. The summed E-state index contributed by atoms with van der Waals surface area (Å²) in [6.45, 7) is 6.09. The van der Waals surface area contributed by atoms with Gasteiger partial charge in [0.1, 0.15) is 17.5 Å². The molecule has 1 aromatic carbocycles. The van der Waals surface area contributed by atoms with E-state index in [2.05, 4.69) is 16.1 Å². The molecular weight excluding hydrogens is 380 g/mol. The zero-order chi connectivity index (χ0) is 20.9. The van der Waals surface area contributed by atoms with Crippen molar-refractivity contribution in [2.24, 2.45) is 0 Å². The summed E-state index contributed by atoms with van der Waals surface area (Å²) >= 11 is 0. The highest BCUT2D eigenvalue weighted by atomic mass is 16.5. The number of methoxy groups -OCH3 is 1. The number of benzene rings is 1. The number of aromatic nitrogens is 2. The summed E-state index contributed by atoms with van der Waals surface area (Å²) in [5, 5.41) is 0. The Bertz CT molecular complexity index is 962. The van der Waals surface area contributed by atoms with Gasteiger partial charge in [0.15, 0.2) is 0 Å². The van der Waals surface area contributed by atoms with Crippen LogP contribution in [0.1, 0.15) is 18.2 Å². The molecule has 1 fully saturated rings. The first kappa shape index (κ1) is 20.4. The van der Waals surface area contributed by atoms with Crippen LogP contribution in [0.15, 0.2) is 54.9 Å². The van der Waals surface area contributed by atoms with Crippen LogP contribution in [-0.2, 0) is 22.7 Å². The predicted octanol–water partition coefficient (Wildman–Crippen LogP) is 2.59. The van der Waals surface area contributed by atoms with Gasteiger partial charge in [-0.2, -0.15) is 0 Å². The minimum absolute atomic E-state index is 0.0466. The molecule has 0 radical (unpaired) electrons. The number of nitrogens with zero attached hydrogens (tertiary/aromatic N) is 4. The zero-order valence-corrected chi connectivity index (χ0v) is 17.5. The van der Waals surface area contributed by atoms with Gasteiger partial charge in [0.2, 0.25) is 0 Å². The second kappa shape index (κ2) is 9.28. The van der Waals surface area contributed by atoms with Crippen LogP contribution in [0.4, 0.5) is 0 Å². The number of hydrogen-bond donors (Lipinski definition) is 0. The van der Waals surface area contributed by atoms with Crippen molar-refractivity contribution in [2.75, 3.05) is 33.3 Å². The third kappa shape index (κ3) is 4.80. The Hall–Kier alpha value is -2.90. The molecule has 158 valence electrons.